The van der Waals surface area contributed by atoms with Gasteiger partial charge in [-0.25, -0.2) is 0 Å². The Morgan fingerprint density at radius 3 is 3.05 bits per heavy atom. The van der Waals surface area contributed by atoms with Crippen molar-refractivity contribution in [3.05, 3.63) is 59.0 Å². The van der Waals surface area contributed by atoms with Crippen LogP contribution in [-0.2, 0) is 25.9 Å². The molecule has 0 radical (unpaired) electrons. The molecule has 0 fully saturated rings. The third kappa shape index (κ3) is 2.18. The van der Waals surface area contributed by atoms with Gasteiger partial charge < -0.3 is 14.9 Å². The zero-order valence-corrected chi connectivity index (χ0v) is 12.4. The van der Waals surface area contributed by atoms with Gasteiger partial charge in [0.1, 0.15) is 0 Å². The fraction of sp³-hybridized carbons (Fsp3) is 0.333. The molecule has 2 aromatic heterocycles. The van der Waals surface area contributed by atoms with E-state index in [-0.39, 0.29) is 0 Å². The van der Waals surface area contributed by atoms with Crippen LogP contribution in [-0.4, -0.2) is 16.1 Å². The smallest absolute Gasteiger partial charge is 0.0486 e. The Labute approximate surface area is 125 Å². The molecule has 108 valence electrons. The highest BCUT2D eigenvalue weighted by atomic mass is 15.0. The molecule has 0 unspecified atom stereocenters. The van der Waals surface area contributed by atoms with Gasteiger partial charge in [-0.05, 0) is 36.8 Å². The Bertz CT molecular complexity index is 765. The van der Waals surface area contributed by atoms with Crippen molar-refractivity contribution in [2.24, 2.45) is 0 Å². The highest BCUT2D eigenvalue weighted by molar-refractivity contribution is 5.86. The standard InChI is InChI=1S/C18H21N3/c1-13-4-5-17-15(11-13)16-12-19-9-6-18(16)21(17)10-7-14-3-2-8-20-14/h2-5,8,11,19-20H,6-7,9-10,12H2,1H3. The first kappa shape index (κ1) is 12.7. The van der Waals surface area contributed by atoms with Crippen molar-refractivity contribution in [2.75, 3.05) is 6.54 Å². The molecule has 0 spiro atoms. The van der Waals surface area contributed by atoms with E-state index >= 15 is 0 Å². The number of hydrogen-bond acceptors (Lipinski definition) is 1. The summed E-state index contributed by atoms with van der Waals surface area (Å²) < 4.78 is 2.53. The van der Waals surface area contributed by atoms with Crippen molar-refractivity contribution >= 4 is 10.9 Å². The van der Waals surface area contributed by atoms with Crippen LogP contribution in [0.15, 0.2) is 36.5 Å². The molecular formula is C18H21N3. The number of benzene rings is 1. The highest BCUT2D eigenvalue weighted by Crippen LogP contribution is 2.29. The van der Waals surface area contributed by atoms with E-state index in [9.17, 15) is 0 Å². The molecule has 0 saturated carbocycles. The largest absolute Gasteiger partial charge is 0.365 e. The van der Waals surface area contributed by atoms with Gasteiger partial charge in [0.05, 0.1) is 0 Å². The minimum Gasteiger partial charge on any atom is -0.365 e. The summed E-state index contributed by atoms with van der Waals surface area (Å²) in [4.78, 5) is 3.31. The Hall–Kier alpha value is -2.00. The summed E-state index contributed by atoms with van der Waals surface area (Å²) in [6.07, 6.45) is 4.20. The first-order valence-corrected chi connectivity index (χ1v) is 7.76. The molecule has 3 aromatic rings. The highest BCUT2D eigenvalue weighted by Gasteiger charge is 2.19. The molecule has 21 heavy (non-hydrogen) atoms. The number of rotatable bonds is 3. The molecule has 0 atom stereocenters. The molecule has 0 bridgehead atoms. The van der Waals surface area contributed by atoms with Crippen LogP contribution in [0.25, 0.3) is 10.9 Å². The number of H-pyrrole nitrogens is 1. The molecule has 0 amide bonds. The first-order valence-electron chi connectivity index (χ1n) is 7.76. The predicted octanol–water partition coefficient (Wildman–Crippen LogP) is 3.17. The Kier molecular flexibility index (Phi) is 3.08. The number of aromatic nitrogens is 2. The number of aromatic amines is 1. The van der Waals surface area contributed by atoms with E-state index in [4.69, 9.17) is 0 Å². The lowest BCUT2D eigenvalue weighted by Crippen LogP contribution is -2.24. The van der Waals surface area contributed by atoms with E-state index < -0.39 is 0 Å². The number of fused-ring (bicyclic) bond motifs is 3. The maximum Gasteiger partial charge on any atom is 0.0486 e. The van der Waals surface area contributed by atoms with E-state index in [1.165, 1.54) is 33.4 Å². The SMILES string of the molecule is Cc1ccc2c(c1)c1c(n2CCc2ccc[nH]2)CCNC1. The molecule has 3 heteroatoms. The number of aryl methyl sites for hydroxylation is 3. The van der Waals surface area contributed by atoms with Crippen LogP contribution in [0.3, 0.4) is 0 Å². The second-order valence-corrected chi connectivity index (χ2v) is 5.97. The second-order valence-electron chi connectivity index (χ2n) is 5.97. The number of hydrogen-bond donors (Lipinski definition) is 2. The average molecular weight is 279 g/mol. The Balaban J connectivity index is 1.79. The molecule has 3 nitrogen and oxygen atoms in total. The molecule has 0 aliphatic carbocycles. The summed E-state index contributed by atoms with van der Waals surface area (Å²) in [5.74, 6) is 0. The van der Waals surface area contributed by atoms with Crippen molar-refractivity contribution < 1.29 is 0 Å². The summed E-state index contributed by atoms with van der Waals surface area (Å²) in [7, 11) is 0. The summed E-state index contributed by atoms with van der Waals surface area (Å²) in [6.45, 7) is 5.32. The fourth-order valence-corrected chi connectivity index (χ4v) is 3.50. The van der Waals surface area contributed by atoms with E-state index in [2.05, 4.69) is 52.1 Å². The summed E-state index contributed by atoms with van der Waals surface area (Å²) in [5, 5.41) is 4.95. The topological polar surface area (TPSA) is 32.8 Å². The normalized spacial score (nSPS) is 14.5. The average Bonchev–Trinajstić information content (AvgIpc) is 3.11. The van der Waals surface area contributed by atoms with Crippen molar-refractivity contribution in [3.8, 4) is 0 Å². The van der Waals surface area contributed by atoms with Crippen LogP contribution in [0.5, 0.6) is 0 Å². The third-order valence-corrected chi connectivity index (χ3v) is 4.55. The van der Waals surface area contributed by atoms with Crippen molar-refractivity contribution in [3.63, 3.8) is 0 Å². The van der Waals surface area contributed by atoms with E-state index in [0.717, 1.165) is 32.5 Å². The molecule has 4 rings (SSSR count). The van der Waals surface area contributed by atoms with Gasteiger partial charge in [-0.3, -0.25) is 0 Å². The summed E-state index contributed by atoms with van der Waals surface area (Å²) in [5.41, 5.74) is 7.08. The maximum atomic E-state index is 3.52. The van der Waals surface area contributed by atoms with Gasteiger partial charge in [-0.1, -0.05) is 11.6 Å². The van der Waals surface area contributed by atoms with Gasteiger partial charge >= 0.3 is 0 Å². The molecule has 3 heterocycles. The molecule has 1 aliphatic rings. The molecule has 0 saturated heterocycles. The number of nitrogens with zero attached hydrogens (tertiary/aromatic N) is 1. The minimum absolute atomic E-state index is 1.00. The van der Waals surface area contributed by atoms with Crippen LogP contribution in [0.2, 0.25) is 0 Å². The lowest BCUT2D eigenvalue weighted by molar-refractivity contribution is 0.593. The predicted molar refractivity (Wildman–Crippen MR) is 86.6 cm³/mol. The van der Waals surface area contributed by atoms with Crippen LogP contribution in [0, 0.1) is 6.92 Å². The molecule has 1 aliphatic heterocycles. The molecule has 1 aromatic carbocycles. The van der Waals surface area contributed by atoms with Crippen molar-refractivity contribution in [1.29, 1.82) is 0 Å². The summed E-state index contributed by atoms with van der Waals surface area (Å²) >= 11 is 0. The van der Waals surface area contributed by atoms with Crippen molar-refractivity contribution in [1.82, 2.24) is 14.9 Å². The summed E-state index contributed by atoms with van der Waals surface area (Å²) in [6, 6.07) is 11.1. The first-order chi connectivity index (χ1) is 10.3. The van der Waals surface area contributed by atoms with E-state index in [0.29, 0.717) is 0 Å². The lowest BCUT2D eigenvalue weighted by Gasteiger charge is -2.17. The van der Waals surface area contributed by atoms with Gasteiger partial charge in [0.25, 0.3) is 0 Å². The molecular weight excluding hydrogens is 258 g/mol. The Morgan fingerprint density at radius 1 is 1.24 bits per heavy atom. The zero-order chi connectivity index (χ0) is 14.2. The van der Waals surface area contributed by atoms with Crippen LogP contribution >= 0.6 is 0 Å². The van der Waals surface area contributed by atoms with Gasteiger partial charge in [0.15, 0.2) is 0 Å². The molecule has 2 N–H and O–H groups in total. The quantitative estimate of drug-likeness (QED) is 0.758. The lowest BCUT2D eigenvalue weighted by atomic mass is 10.0. The zero-order valence-electron chi connectivity index (χ0n) is 12.4. The van der Waals surface area contributed by atoms with E-state index in [1.54, 1.807) is 0 Å². The van der Waals surface area contributed by atoms with Gasteiger partial charge in [0, 0.05) is 61.0 Å². The van der Waals surface area contributed by atoms with Crippen molar-refractivity contribution in [2.45, 2.75) is 32.9 Å². The van der Waals surface area contributed by atoms with E-state index in [1.807, 2.05) is 6.20 Å². The third-order valence-electron chi connectivity index (χ3n) is 4.55. The Morgan fingerprint density at radius 2 is 2.19 bits per heavy atom. The minimum atomic E-state index is 1.00. The van der Waals surface area contributed by atoms with Crippen LogP contribution in [0.1, 0.15) is 22.5 Å². The monoisotopic (exact) mass is 279 g/mol. The van der Waals surface area contributed by atoms with Gasteiger partial charge in [0.2, 0.25) is 0 Å². The van der Waals surface area contributed by atoms with Crippen LogP contribution < -0.4 is 5.32 Å². The fourth-order valence-electron chi connectivity index (χ4n) is 3.50. The number of nitrogens with one attached hydrogen (secondary N) is 2. The van der Waals surface area contributed by atoms with Gasteiger partial charge in [-0.2, -0.15) is 0 Å². The van der Waals surface area contributed by atoms with Crippen LogP contribution in [0.4, 0.5) is 0 Å². The maximum absolute atomic E-state index is 3.52. The van der Waals surface area contributed by atoms with Gasteiger partial charge in [-0.15, -0.1) is 0 Å². The second kappa shape index (κ2) is 5.08.